The molecule has 0 aliphatic carbocycles. The van der Waals surface area contributed by atoms with Crippen LogP contribution >= 0.6 is 11.6 Å². The highest BCUT2D eigenvalue weighted by molar-refractivity contribution is 6.32. The maximum atomic E-state index is 12.8. The van der Waals surface area contributed by atoms with Crippen molar-refractivity contribution < 1.29 is 18.7 Å². The monoisotopic (exact) mass is 365 g/mol. The Morgan fingerprint density at radius 2 is 1.76 bits per heavy atom. The molecule has 0 saturated carbocycles. The number of carbonyl (C=O) groups is 1. The molecule has 0 bridgehead atoms. The molecule has 0 aromatic heterocycles. The first-order chi connectivity index (χ1) is 11.9. The summed E-state index contributed by atoms with van der Waals surface area (Å²) in [6.07, 6.45) is -0.647. The third-order valence-corrected chi connectivity index (χ3v) is 4.17. The number of benzene rings is 2. The highest BCUT2D eigenvalue weighted by Gasteiger charge is 2.15. The maximum absolute atomic E-state index is 12.8. The van der Waals surface area contributed by atoms with Gasteiger partial charge in [0.25, 0.3) is 5.91 Å². The number of aryl methyl sites for hydroxylation is 2. The predicted octanol–water partition coefficient (Wildman–Crippen LogP) is 4.06. The average Bonchev–Trinajstić information content (AvgIpc) is 2.57. The number of amides is 1. The molecule has 1 N–H and O–H groups in total. The molecule has 1 amide bonds. The van der Waals surface area contributed by atoms with Crippen LogP contribution in [-0.2, 0) is 4.79 Å². The van der Waals surface area contributed by atoms with Gasteiger partial charge >= 0.3 is 0 Å². The van der Waals surface area contributed by atoms with Crippen LogP contribution in [0.25, 0.3) is 0 Å². The molecule has 0 fully saturated rings. The molecule has 0 aliphatic rings. The van der Waals surface area contributed by atoms with Gasteiger partial charge in [-0.05, 0) is 68.3 Å². The summed E-state index contributed by atoms with van der Waals surface area (Å²) in [6, 6.07) is 9.32. The van der Waals surface area contributed by atoms with Crippen molar-refractivity contribution in [2.75, 3.05) is 13.2 Å². The lowest BCUT2D eigenvalue weighted by molar-refractivity contribution is -0.127. The van der Waals surface area contributed by atoms with Gasteiger partial charge < -0.3 is 14.8 Å². The van der Waals surface area contributed by atoms with Crippen LogP contribution in [0.4, 0.5) is 4.39 Å². The quantitative estimate of drug-likeness (QED) is 0.753. The van der Waals surface area contributed by atoms with E-state index in [9.17, 15) is 9.18 Å². The fourth-order valence-corrected chi connectivity index (χ4v) is 2.36. The number of rotatable bonds is 7. The van der Waals surface area contributed by atoms with Crippen molar-refractivity contribution in [2.24, 2.45) is 0 Å². The lowest BCUT2D eigenvalue weighted by Crippen LogP contribution is -2.38. The molecule has 0 spiro atoms. The van der Waals surface area contributed by atoms with E-state index >= 15 is 0 Å². The molecule has 0 saturated heterocycles. The Kier molecular flexibility index (Phi) is 6.65. The van der Waals surface area contributed by atoms with Crippen molar-refractivity contribution >= 4 is 17.5 Å². The first kappa shape index (κ1) is 19.1. The van der Waals surface area contributed by atoms with Crippen molar-refractivity contribution in [1.82, 2.24) is 5.32 Å². The third kappa shape index (κ3) is 5.64. The molecule has 134 valence electrons. The van der Waals surface area contributed by atoms with E-state index in [0.717, 1.165) is 11.1 Å². The van der Waals surface area contributed by atoms with Gasteiger partial charge in [-0.1, -0.05) is 11.6 Å². The summed E-state index contributed by atoms with van der Waals surface area (Å²) in [5.41, 5.74) is 1.80. The summed E-state index contributed by atoms with van der Waals surface area (Å²) in [4.78, 5) is 12.1. The van der Waals surface area contributed by atoms with Gasteiger partial charge in [-0.3, -0.25) is 4.79 Å². The zero-order valence-electron chi connectivity index (χ0n) is 14.4. The molecular weight excluding hydrogens is 345 g/mol. The van der Waals surface area contributed by atoms with Crippen molar-refractivity contribution in [3.8, 4) is 11.5 Å². The van der Waals surface area contributed by atoms with Crippen molar-refractivity contribution in [3.05, 3.63) is 58.4 Å². The maximum Gasteiger partial charge on any atom is 0.260 e. The number of halogens is 2. The van der Waals surface area contributed by atoms with Crippen LogP contribution in [0, 0.1) is 19.7 Å². The molecule has 25 heavy (non-hydrogen) atoms. The van der Waals surface area contributed by atoms with Gasteiger partial charge in [0.05, 0.1) is 6.54 Å². The topological polar surface area (TPSA) is 47.6 Å². The second-order valence-corrected chi connectivity index (χ2v) is 6.10. The number of carbonyl (C=O) groups excluding carboxylic acids is 1. The Morgan fingerprint density at radius 1 is 1.16 bits per heavy atom. The Labute approximate surface area is 151 Å². The van der Waals surface area contributed by atoms with Crippen LogP contribution in [-0.4, -0.2) is 25.2 Å². The van der Waals surface area contributed by atoms with E-state index in [1.165, 1.54) is 24.3 Å². The van der Waals surface area contributed by atoms with E-state index in [4.69, 9.17) is 21.1 Å². The minimum atomic E-state index is -0.647. The molecule has 2 aromatic rings. The molecule has 0 heterocycles. The van der Waals surface area contributed by atoms with E-state index in [1.54, 1.807) is 19.1 Å². The van der Waals surface area contributed by atoms with Gasteiger partial charge in [0.15, 0.2) is 6.10 Å². The SMILES string of the molecule is Cc1cc(OC(C)C(=O)NCCOc2ccc(F)cc2)cc(C)c1Cl. The highest BCUT2D eigenvalue weighted by Crippen LogP contribution is 2.26. The smallest absolute Gasteiger partial charge is 0.260 e. The average molecular weight is 366 g/mol. The van der Waals surface area contributed by atoms with Crippen LogP contribution < -0.4 is 14.8 Å². The standard InChI is InChI=1S/C19H21ClFNO3/c1-12-10-17(11-13(2)18(12)20)25-14(3)19(23)22-8-9-24-16-6-4-15(21)5-7-16/h4-7,10-11,14H,8-9H2,1-3H3,(H,22,23). The van der Waals surface area contributed by atoms with Gasteiger partial charge in [-0.15, -0.1) is 0 Å². The van der Waals surface area contributed by atoms with E-state index in [2.05, 4.69) is 5.32 Å². The molecule has 6 heteroatoms. The second-order valence-electron chi connectivity index (χ2n) is 5.72. The molecule has 1 unspecified atom stereocenters. The number of hydrogen-bond acceptors (Lipinski definition) is 3. The van der Waals surface area contributed by atoms with Crippen LogP contribution in [0.3, 0.4) is 0 Å². The second kappa shape index (κ2) is 8.72. The number of nitrogens with one attached hydrogen (secondary N) is 1. The third-order valence-electron chi connectivity index (χ3n) is 3.58. The van der Waals surface area contributed by atoms with Crippen LogP contribution in [0.1, 0.15) is 18.1 Å². The van der Waals surface area contributed by atoms with E-state index in [-0.39, 0.29) is 18.3 Å². The molecule has 2 rings (SSSR count). The Balaban J connectivity index is 1.77. The Bertz CT molecular complexity index is 711. The normalized spacial score (nSPS) is 11.7. The van der Waals surface area contributed by atoms with E-state index < -0.39 is 6.10 Å². The lowest BCUT2D eigenvalue weighted by atomic mass is 10.1. The molecule has 0 aliphatic heterocycles. The van der Waals surface area contributed by atoms with Gasteiger partial charge in [-0.2, -0.15) is 0 Å². The molecule has 4 nitrogen and oxygen atoms in total. The van der Waals surface area contributed by atoms with Crippen LogP contribution in [0.2, 0.25) is 5.02 Å². The number of hydrogen-bond donors (Lipinski definition) is 1. The summed E-state index contributed by atoms with van der Waals surface area (Å²) >= 11 is 6.12. The molecular formula is C19H21ClFNO3. The minimum Gasteiger partial charge on any atom is -0.492 e. The summed E-state index contributed by atoms with van der Waals surface area (Å²) in [5.74, 6) is 0.587. The van der Waals surface area contributed by atoms with Gasteiger partial charge in [0.1, 0.15) is 23.9 Å². The zero-order chi connectivity index (χ0) is 18.4. The van der Waals surface area contributed by atoms with E-state index in [1.807, 2.05) is 13.8 Å². The highest BCUT2D eigenvalue weighted by atomic mass is 35.5. The first-order valence-corrected chi connectivity index (χ1v) is 8.34. The zero-order valence-corrected chi connectivity index (χ0v) is 15.2. The Hall–Kier alpha value is -2.27. The van der Waals surface area contributed by atoms with Gasteiger partial charge in [-0.25, -0.2) is 4.39 Å². The molecule has 2 aromatic carbocycles. The lowest BCUT2D eigenvalue weighted by Gasteiger charge is -2.16. The van der Waals surface area contributed by atoms with Gasteiger partial charge in [0.2, 0.25) is 0 Å². The number of ether oxygens (including phenoxy) is 2. The summed E-state index contributed by atoms with van der Waals surface area (Å²) in [7, 11) is 0. The van der Waals surface area contributed by atoms with Crippen molar-refractivity contribution in [1.29, 1.82) is 0 Å². The minimum absolute atomic E-state index is 0.243. The first-order valence-electron chi connectivity index (χ1n) is 7.96. The fourth-order valence-electron chi connectivity index (χ4n) is 2.25. The van der Waals surface area contributed by atoms with E-state index in [0.29, 0.717) is 23.1 Å². The molecule has 0 radical (unpaired) electrons. The summed E-state index contributed by atoms with van der Waals surface area (Å²) < 4.78 is 23.9. The predicted molar refractivity (Wildman–Crippen MR) is 95.9 cm³/mol. The van der Waals surface area contributed by atoms with Crippen molar-refractivity contribution in [3.63, 3.8) is 0 Å². The summed E-state index contributed by atoms with van der Waals surface area (Å²) in [6.45, 7) is 6.06. The van der Waals surface area contributed by atoms with Crippen molar-refractivity contribution in [2.45, 2.75) is 26.9 Å². The van der Waals surface area contributed by atoms with Crippen LogP contribution in [0.15, 0.2) is 36.4 Å². The fraction of sp³-hybridized carbons (Fsp3) is 0.316. The Morgan fingerprint density at radius 3 is 2.36 bits per heavy atom. The summed E-state index contributed by atoms with van der Waals surface area (Å²) in [5, 5.41) is 3.43. The van der Waals surface area contributed by atoms with Gasteiger partial charge in [0, 0.05) is 5.02 Å². The van der Waals surface area contributed by atoms with Crippen LogP contribution in [0.5, 0.6) is 11.5 Å². The molecule has 1 atom stereocenters. The largest absolute Gasteiger partial charge is 0.492 e.